The lowest BCUT2D eigenvalue weighted by Crippen LogP contribution is -2.54. The molecule has 0 bridgehead atoms. The Labute approximate surface area is 123 Å². The predicted molar refractivity (Wildman–Crippen MR) is 77.5 cm³/mol. The third kappa shape index (κ3) is 4.74. The molecule has 3 nitrogen and oxygen atoms in total. The highest BCUT2D eigenvalue weighted by Crippen LogP contribution is 2.20. The van der Waals surface area contributed by atoms with E-state index in [9.17, 15) is 18.0 Å². The second-order valence-electron chi connectivity index (χ2n) is 4.61. The number of benzene rings is 1. The quantitative estimate of drug-likeness (QED) is 0.819. The van der Waals surface area contributed by atoms with Gasteiger partial charge in [0.25, 0.3) is 0 Å². The minimum absolute atomic E-state index is 0.0977. The van der Waals surface area contributed by atoms with Gasteiger partial charge in [-0.25, -0.2) is 8.78 Å². The average molecular weight is 302 g/mol. The van der Waals surface area contributed by atoms with Crippen LogP contribution in [-0.4, -0.2) is 43.5 Å². The minimum Gasteiger partial charge on any atom is -0.380 e. The molecule has 1 aliphatic heterocycles. The molecule has 1 aromatic rings. The van der Waals surface area contributed by atoms with Gasteiger partial charge < -0.3 is 5.32 Å². The zero-order chi connectivity index (χ0) is 15.8. The summed E-state index contributed by atoms with van der Waals surface area (Å²) in [4.78, 5) is 12.5. The van der Waals surface area contributed by atoms with Gasteiger partial charge in [-0.3, -0.25) is 14.1 Å². The van der Waals surface area contributed by atoms with E-state index in [2.05, 4.69) is 10.2 Å². The molecule has 1 fully saturated rings. The summed E-state index contributed by atoms with van der Waals surface area (Å²) in [6.45, 7) is 5.80. The van der Waals surface area contributed by atoms with Crippen LogP contribution in [0.25, 0.3) is 0 Å². The van der Waals surface area contributed by atoms with E-state index in [-0.39, 0.29) is 19.0 Å². The van der Waals surface area contributed by atoms with E-state index in [0.717, 1.165) is 25.2 Å². The third-order valence-electron chi connectivity index (χ3n) is 3.13. The van der Waals surface area contributed by atoms with Crippen LogP contribution in [0.2, 0.25) is 0 Å². The van der Waals surface area contributed by atoms with Gasteiger partial charge in [0.1, 0.15) is 11.6 Å². The van der Waals surface area contributed by atoms with Crippen molar-refractivity contribution in [3.63, 3.8) is 0 Å². The number of nitrogens with zero attached hydrogens (tertiary/aromatic N) is 1. The molecule has 1 saturated heterocycles. The number of likely N-dealkylation sites (tertiary alicyclic amines) is 1. The Hall–Kier alpha value is -1.56. The Morgan fingerprint density at radius 2 is 1.86 bits per heavy atom. The maximum atomic E-state index is 13.4. The van der Waals surface area contributed by atoms with Crippen LogP contribution in [0.3, 0.4) is 0 Å². The van der Waals surface area contributed by atoms with Gasteiger partial charge >= 0.3 is 0 Å². The fourth-order valence-corrected chi connectivity index (χ4v) is 2.14. The molecule has 21 heavy (non-hydrogen) atoms. The number of halogens is 3. The summed E-state index contributed by atoms with van der Waals surface area (Å²) in [5.41, 5.74) is -0.237. The van der Waals surface area contributed by atoms with Gasteiger partial charge in [-0.15, -0.1) is 0 Å². The number of alkyl halides is 1. The van der Waals surface area contributed by atoms with Crippen molar-refractivity contribution in [1.29, 1.82) is 0 Å². The maximum absolute atomic E-state index is 13.4. The average Bonchev–Trinajstić information content (AvgIpc) is 2.43. The molecular weight excluding hydrogens is 281 g/mol. The van der Waals surface area contributed by atoms with E-state index in [1.165, 1.54) is 0 Å². The predicted octanol–water partition coefficient (Wildman–Crippen LogP) is 3.26. The van der Waals surface area contributed by atoms with Crippen molar-refractivity contribution in [2.75, 3.05) is 31.6 Å². The molecule has 6 heteroatoms. The van der Waals surface area contributed by atoms with Crippen molar-refractivity contribution in [2.45, 2.75) is 26.3 Å². The lowest BCUT2D eigenvalue weighted by molar-refractivity contribution is 0.111. The van der Waals surface area contributed by atoms with E-state index in [0.29, 0.717) is 18.7 Å². The molecule has 1 aromatic carbocycles. The van der Waals surface area contributed by atoms with Gasteiger partial charge in [-0.2, -0.15) is 0 Å². The molecule has 0 amide bonds. The van der Waals surface area contributed by atoms with Crippen molar-refractivity contribution < 1.29 is 18.0 Å². The van der Waals surface area contributed by atoms with Crippen molar-refractivity contribution in [3.8, 4) is 0 Å². The van der Waals surface area contributed by atoms with Crippen LogP contribution in [-0.2, 0) is 0 Å². The molecule has 0 spiro atoms. The number of anilines is 1. The first-order chi connectivity index (χ1) is 10.1. The lowest BCUT2D eigenvalue weighted by Gasteiger charge is -2.40. The van der Waals surface area contributed by atoms with Crippen molar-refractivity contribution in [2.24, 2.45) is 0 Å². The summed E-state index contributed by atoms with van der Waals surface area (Å²) in [6, 6.07) is 2.31. The highest BCUT2D eigenvalue weighted by atomic mass is 19.1. The number of carbonyl (C=O) groups is 1. The molecular formula is C15H21F3N2O. The van der Waals surface area contributed by atoms with Crippen LogP contribution >= 0.6 is 0 Å². The summed E-state index contributed by atoms with van der Waals surface area (Å²) < 4.78 is 38.7. The van der Waals surface area contributed by atoms with E-state index < -0.39 is 17.2 Å². The fourth-order valence-electron chi connectivity index (χ4n) is 2.14. The van der Waals surface area contributed by atoms with Crippen molar-refractivity contribution >= 4 is 12.0 Å². The van der Waals surface area contributed by atoms with E-state index >= 15 is 0 Å². The molecule has 0 unspecified atom stereocenters. The Kier molecular flexibility index (Phi) is 7.22. The van der Waals surface area contributed by atoms with Gasteiger partial charge in [0.2, 0.25) is 0 Å². The first-order valence-corrected chi connectivity index (χ1v) is 7.13. The van der Waals surface area contributed by atoms with Gasteiger partial charge in [-0.1, -0.05) is 13.8 Å². The summed E-state index contributed by atoms with van der Waals surface area (Å²) in [7, 11) is 0. The van der Waals surface area contributed by atoms with Gasteiger partial charge in [0, 0.05) is 25.3 Å². The SMILES string of the molecule is CC.O=Cc1c(F)cc(NC2CN(CCCF)C2)cc1F. The summed E-state index contributed by atoms with van der Waals surface area (Å²) in [5, 5.41) is 2.99. The number of aldehydes is 1. The molecule has 1 aliphatic rings. The summed E-state index contributed by atoms with van der Waals surface area (Å²) in [5.74, 6) is -1.74. The topological polar surface area (TPSA) is 32.3 Å². The Morgan fingerprint density at radius 3 is 2.33 bits per heavy atom. The standard InChI is InChI=1S/C13H15F3N2O.C2H6/c14-2-1-3-18-6-10(7-18)17-9-4-12(15)11(8-19)13(16)5-9;1-2/h4-5,8,10,17H,1-3,6-7H2;1-2H3. The minimum atomic E-state index is -0.869. The highest BCUT2D eigenvalue weighted by Gasteiger charge is 2.26. The molecule has 0 atom stereocenters. The monoisotopic (exact) mass is 302 g/mol. The zero-order valence-corrected chi connectivity index (χ0v) is 12.3. The number of nitrogens with one attached hydrogen (secondary N) is 1. The maximum Gasteiger partial charge on any atom is 0.155 e. The van der Waals surface area contributed by atoms with E-state index in [4.69, 9.17) is 0 Å². The number of hydrogen-bond acceptors (Lipinski definition) is 3. The van der Waals surface area contributed by atoms with Crippen LogP contribution in [0.5, 0.6) is 0 Å². The third-order valence-corrected chi connectivity index (χ3v) is 3.13. The Morgan fingerprint density at radius 1 is 1.29 bits per heavy atom. The van der Waals surface area contributed by atoms with Crippen LogP contribution in [0.15, 0.2) is 12.1 Å². The molecule has 118 valence electrons. The van der Waals surface area contributed by atoms with Gasteiger partial charge in [-0.05, 0) is 18.6 Å². The first kappa shape index (κ1) is 17.5. The molecule has 0 aliphatic carbocycles. The van der Waals surface area contributed by atoms with E-state index in [1.807, 2.05) is 13.8 Å². The molecule has 0 saturated carbocycles. The van der Waals surface area contributed by atoms with Crippen molar-refractivity contribution in [1.82, 2.24) is 4.90 Å². The molecule has 1 N–H and O–H groups in total. The normalized spacial score (nSPS) is 14.9. The second kappa shape index (κ2) is 8.67. The Balaban J connectivity index is 0.00000106. The highest BCUT2D eigenvalue weighted by molar-refractivity contribution is 5.76. The van der Waals surface area contributed by atoms with Gasteiger partial charge in [0.15, 0.2) is 6.29 Å². The second-order valence-corrected chi connectivity index (χ2v) is 4.61. The lowest BCUT2D eigenvalue weighted by atomic mass is 10.1. The number of carbonyl (C=O) groups excluding carboxylic acids is 1. The first-order valence-electron chi connectivity index (χ1n) is 7.13. The summed E-state index contributed by atoms with van der Waals surface area (Å²) >= 11 is 0. The largest absolute Gasteiger partial charge is 0.380 e. The van der Waals surface area contributed by atoms with Crippen LogP contribution in [0.4, 0.5) is 18.9 Å². The summed E-state index contributed by atoms with van der Waals surface area (Å²) in [6.07, 6.45) is 0.667. The molecule has 2 rings (SSSR count). The van der Waals surface area contributed by atoms with Gasteiger partial charge in [0.05, 0.1) is 18.3 Å². The smallest absolute Gasteiger partial charge is 0.155 e. The Bertz CT molecular complexity index is 439. The van der Waals surface area contributed by atoms with Crippen LogP contribution in [0, 0.1) is 11.6 Å². The fraction of sp³-hybridized carbons (Fsp3) is 0.533. The van der Waals surface area contributed by atoms with Crippen LogP contribution in [0.1, 0.15) is 30.6 Å². The van der Waals surface area contributed by atoms with E-state index in [1.54, 1.807) is 0 Å². The molecule has 0 radical (unpaired) electrons. The number of hydrogen-bond donors (Lipinski definition) is 1. The van der Waals surface area contributed by atoms with Crippen molar-refractivity contribution in [3.05, 3.63) is 29.3 Å². The molecule has 0 aromatic heterocycles. The van der Waals surface area contributed by atoms with Crippen LogP contribution < -0.4 is 5.32 Å². The molecule has 1 heterocycles. The zero-order valence-electron chi connectivity index (χ0n) is 12.3. The number of rotatable bonds is 6.